The number of thiazole rings is 1. The molecular formula is C12H14FN3S. The summed E-state index contributed by atoms with van der Waals surface area (Å²) in [5.41, 5.74) is 7.66. The molecule has 2 rings (SSSR count). The molecule has 0 aliphatic carbocycles. The molecule has 0 amide bonds. The van der Waals surface area contributed by atoms with E-state index in [-0.39, 0.29) is 11.9 Å². The lowest BCUT2D eigenvalue weighted by atomic mass is 10.2. The molecule has 0 bridgehead atoms. The van der Waals surface area contributed by atoms with Crippen LogP contribution in [0.4, 0.5) is 15.8 Å². The molecule has 0 radical (unpaired) electrons. The van der Waals surface area contributed by atoms with Crippen LogP contribution in [0.2, 0.25) is 0 Å². The first-order valence-electron chi connectivity index (χ1n) is 5.29. The van der Waals surface area contributed by atoms with Crippen LogP contribution >= 0.6 is 11.3 Å². The minimum Gasteiger partial charge on any atom is -0.399 e. The van der Waals surface area contributed by atoms with E-state index in [1.54, 1.807) is 17.4 Å². The molecule has 0 aliphatic rings. The zero-order chi connectivity index (χ0) is 12.4. The first-order chi connectivity index (χ1) is 8.04. The van der Waals surface area contributed by atoms with Gasteiger partial charge in [0.2, 0.25) is 0 Å². The molecule has 1 atom stereocenters. The highest BCUT2D eigenvalue weighted by atomic mass is 32.1. The first kappa shape index (κ1) is 11.9. The van der Waals surface area contributed by atoms with Crippen LogP contribution in [-0.4, -0.2) is 4.98 Å². The predicted octanol–water partition coefficient (Wildman–Crippen LogP) is 3.35. The molecule has 3 nitrogen and oxygen atoms in total. The Morgan fingerprint density at radius 1 is 1.41 bits per heavy atom. The summed E-state index contributed by atoms with van der Waals surface area (Å²) < 4.78 is 13.2. The van der Waals surface area contributed by atoms with Crippen LogP contribution in [-0.2, 0) is 0 Å². The number of rotatable bonds is 3. The van der Waals surface area contributed by atoms with Crippen molar-refractivity contribution in [1.29, 1.82) is 0 Å². The average Bonchev–Trinajstić information content (AvgIpc) is 2.63. The number of nitrogens with zero attached hydrogens (tertiary/aromatic N) is 1. The molecule has 0 saturated carbocycles. The molecule has 5 heteroatoms. The second-order valence-corrected chi connectivity index (χ2v) is 4.86. The van der Waals surface area contributed by atoms with Crippen LogP contribution in [0.25, 0.3) is 0 Å². The van der Waals surface area contributed by atoms with E-state index in [0.717, 1.165) is 10.7 Å². The first-order valence-corrected chi connectivity index (χ1v) is 6.17. The lowest BCUT2D eigenvalue weighted by Crippen LogP contribution is -2.07. The fourth-order valence-corrected chi connectivity index (χ4v) is 2.38. The molecule has 1 unspecified atom stereocenters. The van der Waals surface area contributed by atoms with Crippen molar-refractivity contribution >= 4 is 22.7 Å². The fourth-order valence-electron chi connectivity index (χ4n) is 1.58. The second-order valence-electron chi connectivity index (χ2n) is 3.97. The third-order valence-electron chi connectivity index (χ3n) is 2.31. The quantitative estimate of drug-likeness (QED) is 0.822. The van der Waals surface area contributed by atoms with Crippen LogP contribution in [0.1, 0.15) is 23.7 Å². The van der Waals surface area contributed by atoms with Crippen LogP contribution in [0, 0.1) is 12.7 Å². The van der Waals surface area contributed by atoms with Crippen molar-refractivity contribution in [3.05, 3.63) is 40.1 Å². The number of benzene rings is 1. The zero-order valence-corrected chi connectivity index (χ0v) is 10.5. The number of nitrogens with two attached hydrogens (primary N) is 1. The van der Waals surface area contributed by atoms with E-state index in [0.29, 0.717) is 11.4 Å². The number of nitrogen functional groups attached to an aromatic ring is 1. The normalized spacial score (nSPS) is 12.4. The van der Waals surface area contributed by atoms with Crippen molar-refractivity contribution in [3.8, 4) is 0 Å². The summed E-state index contributed by atoms with van der Waals surface area (Å²) >= 11 is 1.59. The Kier molecular flexibility index (Phi) is 3.28. The summed E-state index contributed by atoms with van der Waals surface area (Å²) in [4.78, 5) is 4.38. The van der Waals surface area contributed by atoms with Gasteiger partial charge in [0.25, 0.3) is 0 Å². The van der Waals surface area contributed by atoms with Gasteiger partial charge in [-0.1, -0.05) is 0 Å². The molecule has 1 aromatic carbocycles. The van der Waals surface area contributed by atoms with E-state index in [9.17, 15) is 4.39 Å². The fraction of sp³-hybridized carbons (Fsp3) is 0.250. The van der Waals surface area contributed by atoms with Gasteiger partial charge in [0, 0.05) is 22.4 Å². The largest absolute Gasteiger partial charge is 0.399 e. The minimum absolute atomic E-state index is 0.0369. The summed E-state index contributed by atoms with van der Waals surface area (Å²) in [6.07, 6.45) is 0. The van der Waals surface area contributed by atoms with E-state index >= 15 is 0 Å². The number of hydrogen-bond donors (Lipinski definition) is 2. The van der Waals surface area contributed by atoms with Crippen LogP contribution in [0.15, 0.2) is 23.6 Å². The Morgan fingerprint density at radius 2 is 2.18 bits per heavy atom. The van der Waals surface area contributed by atoms with Gasteiger partial charge < -0.3 is 11.1 Å². The lowest BCUT2D eigenvalue weighted by Gasteiger charge is -2.13. The SMILES string of the molecule is Cc1csc(C(C)Nc2cc(N)cc(F)c2)n1. The number of aromatic nitrogens is 1. The van der Waals surface area contributed by atoms with E-state index < -0.39 is 0 Å². The third-order valence-corrected chi connectivity index (χ3v) is 3.46. The van der Waals surface area contributed by atoms with Crippen molar-refractivity contribution < 1.29 is 4.39 Å². The van der Waals surface area contributed by atoms with Gasteiger partial charge in [0.15, 0.2) is 0 Å². The summed E-state index contributed by atoms with van der Waals surface area (Å²) in [6.45, 7) is 3.94. The second kappa shape index (κ2) is 4.71. The monoisotopic (exact) mass is 251 g/mol. The van der Waals surface area contributed by atoms with Gasteiger partial charge in [0.05, 0.1) is 6.04 Å². The molecule has 17 heavy (non-hydrogen) atoms. The standard InChI is InChI=1S/C12H14FN3S/c1-7-6-17-12(15-7)8(2)16-11-4-9(13)3-10(14)5-11/h3-6,8,16H,14H2,1-2H3. The van der Waals surface area contributed by atoms with E-state index in [4.69, 9.17) is 5.73 Å². The van der Waals surface area contributed by atoms with Gasteiger partial charge in [0.1, 0.15) is 10.8 Å². The van der Waals surface area contributed by atoms with Crippen LogP contribution in [0.3, 0.4) is 0 Å². The summed E-state index contributed by atoms with van der Waals surface area (Å²) in [6, 6.07) is 4.46. The number of nitrogens with one attached hydrogen (secondary N) is 1. The van der Waals surface area contributed by atoms with Crippen molar-refractivity contribution in [3.63, 3.8) is 0 Å². The Labute approximate surface area is 103 Å². The molecular weight excluding hydrogens is 237 g/mol. The number of hydrogen-bond acceptors (Lipinski definition) is 4. The lowest BCUT2D eigenvalue weighted by molar-refractivity contribution is 0.628. The highest BCUT2D eigenvalue weighted by Crippen LogP contribution is 2.24. The van der Waals surface area contributed by atoms with Gasteiger partial charge in [-0.05, 0) is 32.0 Å². The Morgan fingerprint density at radius 3 is 2.76 bits per heavy atom. The summed E-state index contributed by atoms with van der Waals surface area (Å²) in [7, 11) is 0. The maximum absolute atomic E-state index is 13.2. The smallest absolute Gasteiger partial charge is 0.127 e. The van der Waals surface area contributed by atoms with Gasteiger partial charge >= 0.3 is 0 Å². The molecule has 90 valence electrons. The predicted molar refractivity (Wildman–Crippen MR) is 69.7 cm³/mol. The van der Waals surface area contributed by atoms with Crippen molar-refractivity contribution in [2.45, 2.75) is 19.9 Å². The molecule has 3 N–H and O–H groups in total. The van der Waals surface area contributed by atoms with Crippen molar-refractivity contribution in [2.24, 2.45) is 0 Å². The summed E-state index contributed by atoms with van der Waals surface area (Å²) in [5.74, 6) is -0.338. The van der Waals surface area contributed by atoms with E-state index in [1.807, 2.05) is 19.2 Å². The highest BCUT2D eigenvalue weighted by Gasteiger charge is 2.09. The average molecular weight is 251 g/mol. The third kappa shape index (κ3) is 2.94. The number of anilines is 2. The molecule has 0 fully saturated rings. The van der Waals surface area contributed by atoms with Gasteiger partial charge in [-0.15, -0.1) is 11.3 Å². The molecule has 1 aromatic heterocycles. The molecule has 0 aliphatic heterocycles. The Bertz CT molecular complexity index is 504. The van der Waals surface area contributed by atoms with E-state index in [2.05, 4.69) is 10.3 Å². The zero-order valence-electron chi connectivity index (χ0n) is 9.70. The molecule has 2 aromatic rings. The molecule has 0 saturated heterocycles. The Hall–Kier alpha value is -1.62. The maximum Gasteiger partial charge on any atom is 0.127 e. The number of aryl methyl sites for hydroxylation is 1. The Balaban J connectivity index is 2.15. The highest BCUT2D eigenvalue weighted by molar-refractivity contribution is 7.09. The topological polar surface area (TPSA) is 50.9 Å². The van der Waals surface area contributed by atoms with E-state index in [1.165, 1.54) is 12.1 Å². The van der Waals surface area contributed by atoms with Crippen molar-refractivity contribution in [2.75, 3.05) is 11.1 Å². The van der Waals surface area contributed by atoms with Crippen LogP contribution < -0.4 is 11.1 Å². The van der Waals surface area contributed by atoms with Gasteiger partial charge in [-0.2, -0.15) is 0 Å². The van der Waals surface area contributed by atoms with Crippen molar-refractivity contribution in [1.82, 2.24) is 4.98 Å². The molecule has 1 heterocycles. The minimum atomic E-state index is -0.338. The number of halogens is 1. The maximum atomic E-state index is 13.2. The van der Waals surface area contributed by atoms with Gasteiger partial charge in [-0.25, -0.2) is 9.37 Å². The molecule has 0 spiro atoms. The van der Waals surface area contributed by atoms with Crippen LogP contribution in [0.5, 0.6) is 0 Å². The van der Waals surface area contributed by atoms with Gasteiger partial charge in [-0.3, -0.25) is 0 Å². The summed E-state index contributed by atoms with van der Waals surface area (Å²) in [5, 5.41) is 6.15.